The summed E-state index contributed by atoms with van der Waals surface area (Å²) in [6.07, 6.45) is 0. The molecule has 0 saturated heterocycles. The molecule has 1 unspecified atom stereocenters. The molecule has 18 heavy (non-hydrogen) atoms. The summed E-state index contributed by atoms with van der Waals surface area (Å²) in [5.41, 5.74) is 1.78. The Hall–Kier alpha value is -1.35. The molecule has 0 aromatic heterocycles. The summed E-state index contributed by atoms with van der Waals surface area (Å²) >= 11 is 3.35. The summed E-state index contributed by atoms with van der Waals surface area (Å²) in [5, 5.41) is 3.16. The molecule has 0 aliphatic carbocycles. The molecule has 0 amide bonds. The van der Waals surface area contributed by atoms with Crippen LogP contribution in [0.25, 0.3) is 0 Å². The van der Waals surface area contributed by atoms with E-state index in [1.807, 2.05) is 24.3 Å². The van der Waals surface area contributed by atoms with Crippen LogP contribution < -0.4 is 5.32 Å². The van der Waals surface area contributed by atoms with Crippen molar-refractivity contribution in [2.75, 3.05) is 11.9 Å². The van der Waals surface area contributed by atoms with E-state index < -0.39 is 0 Å². The van der Waals surface area contributed by atoms with Gasteiger partial charge in [0.2, 0.25) is 0 Å². The van der Waals surface area contributed by atoms with Gasteiger partial charge in [0, 0.05) is 11.0 Å². The number of para-hydroxylation sites is 1. The highest BCUT2D eigenvalue weighted by Gasteiger charge is 2.09. The minimum atomic E-state index is -0.232. The van der Waals surface area contributed by atoms with Gasteiger partial charge in [-0.05, 0) is 39.5 Å². The first-order chi connectivity index (χ1) is 8.68. The quantitative estimate of drug-likeness (QED) is 0.855. The summed E-state index contributed by atoms with van der Waals surface area (Å²) in [6, 6.07) is 15.2. The van der Waals surface area contributed by atoms with Gasteiger partial charge in [-0.15, -0.1) is 0 Å². The summed E-state index contributed by atoms with van der Waals surface area (Å²) in [4.78, 5) is 0. The van der Waals surface area contributed by atoms with Gasteiger partial charge in [0.05, 0.1) is 5.69 Å². The van der Waals surface area contributed by atoms with E-state index in [2.05, 4.69) is 40.3 Å². The molecule has 0 spiro atoms. The Kier molecular flexibility index (Phi) is 4.37. The number of halogens is 2. The van der Waals surface area contributed by atoms with Crippen molar-refractivity contribution in [1.82, 2.24) is 0 Å². The topological polar surface area (TPSA) is 12.0 Å². The van der Waals surface area contributed by atoms with Crippen molar-refractivity contribution in [2.45, 2.75) is 12.8 Å². The van der Waals surface area contributed by atoms with Crippen LogP contribution in [0.1, 0.15) is 18.4 Å². The third kappa shape index (κ3) is 3.10. The standard InChI is InChI=1S/C15H15BrFN/c1-11(12-6-3-2-4-7-12)10-18-15-13(16)8-5-9-14(15)17/h2-9,11,18H,10H2,1H3. The molecule has 0 radical (unpaired) electrons. The molecule has 0 aliphatic heterocycles. The van der Waals surface area contributed by atoms with Crippen LogP contribution in [0.5, 0.6) is 0 Å². The molecule has 0 fully saturated rings. The molecule has 3 heteroatoms. The average molecular weight is 308 g/mol. The molecular weight excluding hydrogens is 293 g/mol. The second kappa shape index (κ2) is 6.01. The van der Waals surface area contributed by atoms with E-state index in [0.29, 0.717) is 18.2 Å². The molecular formula is C15H15BrFN. The molecule has 0 heterocycles. The van der Waals surface area contributed by atoms with Crippen molar-refractivity contribution in [3.8, 4) is 0 Å². The number of rotatable bonds is 4. The first kappa shape index (κ1) is 13.1. The van der Waals surface area contributed by atoms with Crippen molar-refractivity contribution < 1.29 is 4.39 Å². The number of hydrogen-bond acceptors (Lipinski definition) is 1. The van der Waals surface area contributed by atoms with Crippen molar-refractivity contribution >= 4 is 21.6 Å². The summed E-state index contributed by atoms with van der Waals surface area (Å²) in [5.74, 6) is 0.0994. The fourth-order valence-corrected chi connectivity index (χ4v) is 2.30. The van der Waals surface area contributed by atoms with Gasteiger partial charge in [-0.3, -0.25) is 0 Å². The van der Waals surface area contributed by atoms with Crippen LogP contribution in [-0.4, -0.2) is 6.54 Å². The Bertz CT molecular complexity index is 493. The minimum Gasteiger partial charge on any atom is -0.381 e. The first-order valence-corrected chi connectivity index (χ1v) is 6.70. The summed E-state index contributed by atoms with van der Waals surface area (Å²) < 4.78 is 14.4. The highest BCUT2D eigenvalue weighted by Crippen LogP contribution is 2.26. The van der Waals surface area contributed by atoms with E-state index in [0.717, 1.165) is 4.47 Å². The maximum absolute atomic E-state index is 13.6. The van der Waals surface area contributed by atoms with Crippen molar-refractivity contribution in [2.24, 2.45) is 0 Å². The predicted molar refractivity (Wildman–Crippen MR) is 77.4 cm³/mol. The molecule has 0 saturated carbocycles. The van der Waals surface area contributed by atoms with Gasteiger partial charge >= 0.3 is 0 Å². The van der Waals surface area contributed by atoms with E-state index in [9.17, 15) is 4.39 Å². The number of anilines is 1. The second-order valence-electron chi connectivity index (χ2n) is 4.29. The highest BCUT2D eigenvalue weighted by atomic mass is 79.9. The molecule has 2 aromatic rings. The normalized spacial score (nSPS) is 12.2. The van der Waals surface area contributed by atoms with Crippen LogP contribution >= 0.6 is 15.9 Å². The average Bonchev–Trinajstić information content (AvgIpc) is 2.39. The lowest BCUT2D eigenvalue weighted by Crippen LogP contribution is -2.11. The SMILES string of the molecule is CC(CNc1c(F)cccc1Br)c1ccccc1. The lowest BCUT2D eigenvalue weighted by Gasteiger charge is -2.15. The van der Waals surface area contributed by atoms with E-state index in [1.54, 1.807) is 6.07 Å². The Morgan fingerprint density at radius 1 is 1.11 bits per heavy atom. The molecule has 1 atom stereocenters. The van der Waals surface area contributed by atoms with Crippen LogP contribution in [-0.2, 0) is 0 Å². The van der Waals surface area contributed by atoms with Gasteiger partial charge in [0.1, 0.15) is 5.82 Å². The van der Waals surface area contributed by atoms with Crippen LogP contribution in [0.15, 0.2) is 53.0 Å². The molecule has 94 valence electrons. The van der Waals surface area contributed by atoms with Crippen molar-refractivity contribution in [3.63, 3.8) is 0 Å². The number of hydrogen-bond donors (Lipinski definition) is 1. The Morgan fingerprint density at radius 3 is 2.50 bits per heavy atom. The Morgan fingerprint density at radius 2 is 1.83 bits per heavy atom. The third-order valence-corrected chi connectivity index (χ3v) is 3.58. The van der Waals surface area contributed by atoms with Gasteiger partial charge in [-0.25, -0.2) is 4.39 Å². The molecule has 0 bridgehead atoms. The van der Waals surface area contributed by atoms with E-state index in [4.69, 9.17) is 0 Å². The van der Waals surface area contributed by atoms with Crippen LogP contribution in [0, 0.1) is 5.82 Å². The van der Waals surface area contributed by atoms with Crippen LogP contribution in [0.2, 0.25) is 0 Å². The minimum absolute atomic E-state index is 0.232. The number of nitrogens with one attached hydrogen (secondary N) is 1. The lowest BCUT2D eigenvalue weighted by molar-refractivity contribution is 0.628. The molecule has 1 nitrogen and oxygen atoms in total. The first-order valence-electron chi connectivity index (χ1n) is 5.91. The fraction of sp³-hybridized carbons (Fsp3) is 0.200. The molecule has 0 aliphatic rings. The maximum atomic E-state index is 13.6. The van der Waals surface area contributed by atoms with Gasteiger partial charge in [0.25, 0.3) is 0 Å². The Balaban J connectivity index is 2.04. The van der Waals surface area contributed by atoms with Crippen LogP contribution in [0.3, 0.4) is 0 Å². The van der Waals surface area contributed by atoms with Crippen molar-refractivity contribution in [1.29, 1.82) is 0 Å². The van der Waals surface area contributed by atoms with Crippen molar-refractivity contribution in [3.05, 3.63) is 64.4 Å². The number of benzene rings is 2. The zero-order valence-corrected chi connectivity index (χ0v) is 11.7. The highest BCUT2D eigenvalue weighted by molar-refractivity contribution is 9.10. The largest absolute Gasteiger partial charge is 0.381 e. The second-order valence-corrected chi connectivity index (χ2v) is 5.14. The van der Waals surface area contributed by atoms with Gasteiger partial charge in [-0.1, -0.05) is 43.3 Å². The summed E-state index contributed by atoms with van der Waals surface area (Å²) in [6.45, 7) is 2.82. The van der Waals surface area contributed by atoms with E-state index in [1.165, 1.54) is 11.6 Å². The monoisotopic (exact) mass is 307 g/mol. The molecule has 2 aromatic carbocycles. The van der Waals surface area contributed by atoms with Gasteiger partial charge < -0.3 is 5.32 Å². The predicted octanol–water partition coefficient (Wildman–Crippen LogP) is 4.80. The molecule has 2 rings (SSSR count). The maximum Gasteiger partial charge on any atom is 0.147 e. The zero-order chi connectivity index (χ0) is 13.0. The van der Waals surface area contributed by atoms with Crippen LogP contribution in [0.4, 0.5) is 10.1 Å². The van der Waals surface area contributed by atoms with Gasteiger partial charge in [-0.2, -0.15) is 0 Å². The van der Waals surface area contributed by atoms with E-state index >= 15 is 0 Å². The molecule has 1 N–H and O–H groups in total. The van der Waals surface area contributed by atoms with E-state index in [-0.39, 0.29) is 5.82 Å². The fourth-order valence-electron chi connectivity index (χ4n) is 1.82. The third-order valence-electron chi connectivity index (χ3n) is 2.92. The Labute approximate surface area is 115 Å². The smallest absolute Gasteiger partial charge is 0.147 e. The van der Waals surface area contributed by atoms with Gasteiger partial charge in [0.15, 0.2) is 0 Å². The summed E-state index contributed by atoms with van der Waals surface area (Å²) in [7, 11) is 0. The zero-order valence-electron chi connectivity index (χ0n) is 10.2. The lowest BCUT2D eigenvalue weighted by atomic mass is 10.0.